The van der Waals surface area contributed by atoms with Crippen molar-refractivity contribution in [2.24, 2.45) is 11.8 Å². The standard InChI is InChI=1S/C20H23F13O8S/c1-9(8-40-4-3-15(21,22)20(32,33)42(37,38)39)13(34)41-12-6-10(14(2,35)17(23,24)25)5-11(7-12)16(36,18(26,27)28)19(29,30)31/h10-12,35-36H,1,3-8H2,2H3,(H,37,38,39). The number of esters is 1. The molecule has 0 aromatic heterocycles. The SMILES string of the molecule is C=C(COCCC(F)(F)C(F)(F)S(=O)(=O)O)C(=O)OC1CC(C(C)(O)C(F)(F)F)CC(C(O)(C(F)(F)F)C(F)(F)F)C1. The van der Waals surface area contributed by atoms with Crippen molar-refractivity contribution in [1.29, 1.82) is 0 Å². The lowest BCUT2D eigenvalue weighted by molar-refractivity contribution is -0.391. The van der Waals surface area contributed by atoms with E-state index in [-0.39, 0.29) is 6.92 Å². The number of hydrogen-bond donors (Lipinski definition) is 3. The van der Waals surface area contributed by atoms with Gasteiger partial charge in [-0.15, -0.1) is 0 Å². The molecule has 0 bridgehead atoms. The van der Waals surface area contributed by atoms with Gasteiger partial charge in [0.05, 0.1) is 18.8 Å². The van der Waals surface area contributed by atoms with Crippen LogP contribution in [-0.4, -0.2) is 89.4 Å². The number of carbonyl (C=O) groups excluding carboxylic acids is 1. The molecule has 1 fully saturated rings. The monoisotopic (exact) mass is 670 g/mol. The van der Waals surface area contributed by atoms with E-state index >= 15 is 0 Å². The van der Waals surface area contributed by atoms with Crippen LogP contribution in [0.5, 0.6) is 0 Å². The molecule has 0 aromatic rings. The highest BCUT2D eigenvalue weighted by Gasteiger charge is 2.75. The van der Waals surface area contributed by atoms with Gasteiger partial charge in [-0.1, -0.05) is 6.58 Å². The fraction of sp³-hybridized carbons (Fsp3) is 0.850. The topological polar surface area (TPSA) is 130 Å². The highest BCUT2D eigenvalue weighted by Crippen LogP contribution is 2.55. The van der Waals surface area contributed by atoms with Crippen molar-refractivity contribution in [3.8, 4) is 0 Å². The molecule has 0 heterocycles. The van der Waals surface area contributed by atoms with E-state index in [9.17, 15) is 80.5 Å². The van der Waals surface area contributed by atoms with Gasteiger partial charge in [-0.3, -0.25) is 4.55 Å². The van der Waals surface area contributed by atoms with E-state index in [0.717, 1.165) is 0 Å². The minimum absolute atomic E-state index is 0.0350. The van der Waals surface area contributed by atoms with Crippen LogP contribution in [0, 0.1) is 11.8 Å². The summed E-state index contributed by atoms with van der Waals surface area (Å²) < 4.78 is 212. The van der Waals surface area contributed by atoms with Gasteiger partial charge in [0.1, 0.15) is 6.10 Å². The first-order valence-corrected chi connectivity index (χ1v) is 12.6. The second kappa shape index (κ2) is 11.9. The number of ether oxygens (including phenoxy) is 2. The summed E-state index contributed by atoms with van der Waals surface area (Å²) in [6.07, 6.45) is -27.3. The molecule has 1 aliphatic carbocycles. The molecular formula is C20H23F13O8S. The molecule has 0 aromatic carbocycles. The van der Waals surface area contributed by atoms with Gasteiger partial charge in [0.15, 0.2) is 5.60 Å². The van der Waals surface area contributed by atoms with Crippen LogP contribution in [0.15, 0.2) is 12.2 Å². The summed E-state index contributed by atoms with van der Waals surface area (Å²) in [4.78, 5) is 12.2. The lowest BCUT2D eigenvalue weighted by atomic mass is 9.66. The van der Waals surface area contributed by atoms with Gasteiger partial charge in [0.2, 0.25) is 0 Å². The molecule has 8 nitrogen and oxygen atoms in total. The first-order valence-electron chi connectivity index (χ1n) is 11.2. The maximum atomic E-state index is 13.4. The van der Waals surface area contributed by atoms with Crippen LogP contribution in [0.3, 0.4) is 0 Å². The van der Waals surface area contributed by atoms with Gasteiger partial charge in [-0.05, 0) is 26.2 Å². The minimum Gasteiger partial charge on any atom is -0.459 e. The van der Waals surface area contributed by atoms with E-state index in [4.69, 9.17) is 4.55 Å². The molecule has 3 N–H and O–H groups in total. The van der Waals surface area contributed by atoms with Crippen LogP contribution >= 0.6 is 0 Å². The van der Waals surface area contributed by atoms with Crippen LogP contribution in [0.25, 0.3) is 0 Å². The summed E-state index contributed by atoms with van der Waals surface area (Å²) in [6.45, 7) is 0.366. The van der Waals surface area contributed by atoms with Crippen molar-refractivity contribution < 1.29 is 94.5 Å². The van der Waals surface area contributed by atoms with E-state index < -0.39 is 119 Å². The second-order valence-corrected chi connectivity index (χ2v) is 11.1. The van der Waals surface area contributed by atoms with Gasteiger partial charge in [-0.2, -0.15) is 65.5 Å². The molecule has 1 aliphatic rings. The number of alkyl halides is 13. The third kappa shape index (κ3) is 7.59. The van der Waals surface area contributed by atoms with Crippen molar-refractivity contribution >= 4 is 16.1 Å². The summed E-state index contributed by atoms with van der Waals surface area (Å²) in [5, 5.41) is 13.7. The largest absolute Gasteiger partial charge is 0.459 e. The molecule has 0 spiro atoms. The fourth-order valence-electron chi connectivity index (χ4n) is 4.04. The Kier molecular flexibility index (Phi) is 10.8. The quantitative estimate of drug-likeness (QED) is 0.0960. The Labute approximate surface area is 228 Å². The Hall–Kier alpha value is -1.91. The highest BCUT2D eigenvalue weighted by molar-refractivity contribution is 7.87. The Balaban J connectivity index is 3.12. The zero-order valence-corrected chi connectivity index (χ0v) is 21.7. The average molecular weight is 670 g/mol. The van der Waals surface area contributed by atoms with Crippen LogP contribution in [0.4, 0.5) is 57.1 Å². The Bertz CT molecular complexity index is 1080. The number of halogens is 13. The predicted octanol–water partition coefficient (Wildman–Crippen LogP) is 4.56. The second-order valence-electron chi connectivity index (χ2n) is 9.64. The zero-order chi connectivity index (χ0) is 33.5. The maximum Gasteiger partial charge on any atom is 0.431 e. The molecule has 1 saturated carbocycles. The summed E-state index contributed by atoms with van der Waals surface area (Å²) in [5.74, 6) is -12.8. The normalized spacial score (nSPS) is 23.3. The van der Waals surface area contributed by atoms with Gasteiger partial charge in [-0.25, -0.2) is 4.79 Å². The van der Waals surface area contributed by atoms with Crippen LogP contribution in [0.1, 0.15) is 32.6 Å². The summed E-state index contributed by atoms with van der Waals surface area (Å²) in [5.41, 5.74) is -10.5. The first-order chi connectivity index (χ1) is 18.3. The van der Waals surface area contributed by atoms with E-state index in [1.54, 1.807) is 0 Å². The van der Waals surface area contributed by atoms with E-state index in [1.807, 2.05) is 0 Å². The zero-order valence-electron chi connectivity index (χ0n) is 20.9. The van der Waals surface area contributed by atoms with E-state index in [0.29, 0.717) is 0 Å². The molecule has 42 heavy (non-hydrogen) atoms. The molecule has 0 radical (unpaired) electrons. The number of rotatable bonds is 11. The summed E-state index contributed by atoms with van der Waals surface area (Å²) in [6, 6.07) is 0. The van der Waals surface area contributed by atoms with Crippen LogP contribution in [0.2, 0.25) is 0 Å². The molecule has 0 amide bonds. The maximum absolute atomic E-state index is 13.4. The summed E-state index contributed by atoms with van der Waals surface area (Å²) >= 11 is 0. The fourth-order valence-corrected chi connectivity index (χ4v) is 4.52. The molecule has 4 atom stereocenters. The van der Waals surface area contributed by atoms with Gasteiger partial charge in [0.25, 0.3) is 5.60 Å². The Morgan fingerprint density at radius 3 is 1.69 bits per heavy atom. The number of carbonyl (C=O) groups is 1. The molecule has 4 unspecified atom stereocenters. The third-order valence-corrected chi connectivity index (χ3v) is 7.58. The molecule has 0 aliphatic heterocycles. The lowest BCUT2D eigenvalue weighted by Crippen LogP contribution is -2.64. The molecule has 22 heteroatoms. The molecular weight excluding hydrogens is 647 g/mol. The van der Waals surface area contributed by atoms with Crippen molar-refractivity contribution in [2.75, 3.05) is 13.2 Å². The van der Waals surface area contributed by atoms with Crippen molar-refractivity contribution in [3.05, 3.63) is 12.2 Å². The van der Waals surface area contributed by atoms with E-state index in [1.165, 1.54) is 0 Å². The molecule has 248 valence electrons. The number of aliphatic hydroxyl groups is 2. The van der Waals surface area contributed by atoms with Crippen molar-refractivity contribution in [2.45, 2.75) is 79.6 Å². The van der Waals surface area contributed by atoms with Gasteiger partial charge in [0, 0.05) is 18.3 Å². The predicted molar refractivity (Wildman–Crippen MR) is 110 cm³/mol. The van der Waals surface area contributed by atoms with Crippen molar-refractivity contribution in [1.82, 2.24) is 0 Å². The number of hydrogen-bond acceptors (Lipinski definition) is 7. The first kappa shape index (κ1) is 38.1. The third-order valence-electron chi connectivity index (χ3n) is 6.64. The smallest absolute Gasteiger partial charge is 0.431 e. The average Bonchev–Trinajstić information content (AvgIpc) is 2.77. The van der Waals surface area contributed by atoms with Gasteiger partial charge < -0.3 is 19.7 Å². The van der Waals surface area contributed by atoms with Crippen LogP contribution in [-0.2, 0) is 24.4 Å². The summed E-state index contributed by atoms with van der Waals surface area (Å²) in [7, 11) is -6.58. The minimum atomic E-state index is -6.58. The van der Waals surface area contributed by atoms with E-state index in [2.05, 4.69) is 16.1 Å². The van der Waals surface area contributed by atoms with Gasteiger partial charge >= 0.3 is 45.8 Å². The highest BCUT2D eigenvalue weighted by atomic mass is 32.2. The van der Waals surface area contributed by atoms with Crippen LogP contribution < -0.4 is 0 Å². The Morgan fingerprint density at radius 2 is 1.29 bits per heavy atom. The lowest BCUT2D eigenvalue weighted by Gasteiger charge is -2.47. The molecule has 0 saturated heterocycles. The van der Waals surface area contributed by atoms with Crippen molar-refractivity contribution in [3.63, 3.8) is 0 Å². The molecule has 1 rings (SSSR count). The Morgan fingerprint density at radius 1 is 0.833 bits per heavy atom.